The van der Waals surface area contributed by atoms with Crippen molar-refractivity contribution in [1.82, 2.24) is 0 Å². The molecular weight excluding hydrogens is 393 g/mol. The number of aromatic hydroxyl groups is 1. The van der Waals surface area contributed by atoms with E-state index in [2.05, 4.69) is 10.3 Å². The van der Waals surface area contributed by atoms with Crippen molar-refractivity contribution in [2.75, 3.05) is 17.7 Å². The molecule has 6 nitrogen and oxygen atoms in total. The van der Waals surface area contributed by atoms with Gasteiger partial charge < -0.3 is 20.9 Å². The smallest absolute Gasteiger partial charge is 0.255 e. The average molecular weight is 413 g/mol. The third kappa shape index (κ3) is 3.93. The number of hydrogen-bond acceptors (Lipinski definition) is 6. The van der Waals surface area contributed by atoms with Crippen molar-refractivity contribution < 1.29 is 19.0 Å². The summed E-state index contributed by atoms with van der Waals surface area (Å²) in [6.45, 7) is 1.94. The lowest BCUT2D eigenvalue weighted by atomic mass is 9.89. The van der Waals surface area contributed by atoms with Crippen LogP contribution in [-0.2, 0) is 10.3 Å². The molecule has 150 valence electrons. The monoisotopic (exact) mass is 413 g/mol. The molecule has 1 unspecified atom stereocenters. The van der Waals surface area contributed by atoms with Gasteiger partial charge in [-0.15, -0.1) is 0 Å². The van der Waals surface area contributed by atoms with Crippen LogP contribution in [0.15, 0.2) is 47.0 Å². The van der Waals surface area contributed by atoms with Gasteiger partial charge in [-0.1, -0.05) is 11.8 Å². The second-order valence-corrected chi connectivity index (χ2v) is 8.27. The number of nitrogens with two attached hydrogens (primary N) is 1. The highest BCUT2D eigenvalue weighted by atomic mass is 32.2. The highest BCUT2D eigenvalue weighted by Gasteiger charge is 2.32. The lowest BCUT2D eigenvalue weighted by molar-refractivity contribution is -0.113. The summed E-state index contributed by atoms with van der Waals surface area (Å²) >= 11 is 1.45. The Morgan fingerprint density at radius 2 is 2.17 bits per heavy atom. The van der Waals surface area contributed by atoms with Gasteiger partial charge in [-0.05, 0) is 55.8 Å². The molecule has 0 aliphatic carbocycles. The number of amidine groups is 1. The third-order valence-electron chi connectivity index (χ3n) is 5.00. The molecular formula is C21H20FN3O3S. The van der Waals surface area contributed by atoms with Gasteiger partial charge in [-0.2, -0.15) is 0 Å². The molecule has 0 bridgehead atoms. The van der Waals surface area contributed by atoms with Crippen molar-refractivity contribution in [1.29, 1.82) is 0 Å². The number of carbonyl (C=O) groups excluding carboxylic acids is 1. The van der Waals surface area contributed by atoms with Gasteiger partial charge in [0.15, 0.2) is 5.17 Å². The van der Waals surface area contributed by atoms with E-state index < -0.39 is 11.4 Å². The van der Waals surface area contributed by atoms with E-state index in [9.17, 15) is 14.3 Å². The summed E-state index contributed by atoms with van der Waals surface area (Å²) < 4.78 is 20.1. The molecule has 2 aliphatic rings. The Balaban J connectivity index is 1.59. The molecule has 0 saturated carbocycles. The van der Waals surface area contributed by atoms with Crippen LogP contribution in [0.5, 0.6) is 11.5 Å². The topological polar surface area (TPSA) is 96.9 Å². The Morgan fingerprint density at radius 3 is 2.97 bits per heavy atom. The lowest BCUT2D eigenvalue weighted by Gasteiger charge is -2.30. The van der Waals surface area contributed by atoms with E-state index in [1.807, 2.05) is 6.92 Å². The normalized spacial score (nSPS) is 20.8. The van der Waals surface area contributed by atoms with E-state index in [0.717, 1.165) is 5.75 Å². The number of hydrogen-bond donors (Lipinski definition) is 3. The van der Waals surface area contributed by atoms with E-state index in [0.29, 0.717) is 39.7 Å². The van der Waals surface area contributed by atoms with Crippen LogP contribution < -0.4 is 15.8 Å². The lowest BCUT2D eigenvalue weighted by Crippen LogP contribution is -2.30. The van der Waals surface area contributed by atoms with Crippen LogP contribution in [-0.4, -0.2) is 28.5 Å². The largest absolute Gasteiger partial charge is 0.508 e. The first-order valence-corrected chi connectivity index (χ1v) is 10.1. The first-order valence-electron chi connectivity index (χ1n) is 9.10. The molecule has 4 N–H and O–H groups in total. The number of aliphatic imine (C=N–C) groups is 1. The molecule has 0 fully saturated rings. The Morgan fingerprint density at radius 1 is 1.34 bits per heavy atom. The third-order valence-corrected chi connectivity index (χ3v) is 5.79. The van der Waals surface area contributed by atoms with Gasteiger partial charge in [0.2, 0.25) is 0 Å². The van der Waals surface area contributed by atoms with Gasteiger partial charge in [0.25, 0.3) is 5.91 Å². The average Bonchev–Trinajstić information content (AvgIpc) is 2.68. The fraction of sp³-hybridized carbons (Fsp3) is 0.238. The number of fused-ring (bicyclic) bond motifs is 1. The second kappa shape index (κ2) is 7.44. The number of ether oxygens (including phenoxy) is 1. The Bertz CT molecular complexity index is 1050. The van der Waals surface area contributed by atoms with Crippen LogP contribution in [0.25, 0.3) is 6.08 Å². The summed E-state index contributed by atoms with van der Waals surface area (Å²) in [5.41, 5.74) is 6.95. The van der Waals surface area contributed by atoms with Crippen molar-refractivity contribution in [3.8, 4) is 11.5 Å². The molecule has 0 saturated heterocycles. The number of carbonyl (C=O) groups is 1. The first kappa shape index (κ1) is 19.3. The van der Waals surface area contributed by atoms with Crippen LogP contribution in [0.3, 0.4) is 0 Å². The Hall–Kier alpha value is -3.00. The number of thioether (sulfide) groups is 1. The zero-order valence-electron chi connectivity index (χ0n) is 15.7. The van der Waals surface area contributed by atoms with Crippen molar-refractivity contribution in [2.45, 2.75) is 18.9 Å². The number of nitrogens with zero attached hydrogens (tertiary/aromatic N) is 1. The number of benzene rings is 2. The van der Waals surface area contributed by atoms with Crippen LogP contribution in [0.2, 0.25) is 0 Å². The predicted molar refractivity (Wildman–Crippen MR) is 113 cm³/mol. The summed E-state index contributed by atoms with van der Waals surface area (Å²) in [7, 11) is 0. The van der Waals surface area contributed by atoms with Crippen LogP contribution in [0.4, 0.5) is 10.1 Å². The van der Waals surface area contributed by atoms with Gasteiger partial charge in [0.1, 0.15) is 23.9 Å². The first-order chi connectivity index (χ1) is 13.8. The quantitative estimate of drug-likeness (QED) is 0.714. The number of phenols is 1. The second-order valence-electron chi connectivity index (χ2n) is 7.15. The minimum atomic E-state index is -0.774. The molecule has 2 aromatic rings. The molecule has 1 amide bonds. The maximum Gasteiger partial charge on any atom is 0.255 e. The molecule has 2 heterocycles. The fourth-order valence-corrected chi connectivity index (χ4v) is 4.38. The predicted octanol–water partition coefficient (Wildman–Crippen LogP) is 3.61. The Kier molecular flexibility index (Phi) is 4.96. The number of phenolic OH excluding ortho intramolecular Hbond substituents is 1. The van der Waals surface area contributed by atoms with Gasteiger partial charge in [0, 0.05) is 22.6 Å². The number of amides is 1. The van der Waals surface area contributed by atoms with E-state index in [1.54, 1.807) is 18.2 Å². The minimum absolute atomic E-state index is 0.0900. The van der Waals surface area contributed by atoms with Crippen LogP contribution in [0.1, 0.15) is 24.5 Å². The molecule has 4 rings (SSSR count). The van der Waals surface area contributed by atoms with E-state index >= 15 is 0 Å². The van der Waals surface area contributed by atoms with Crippen LogP contribution >= 0.6 is 11.8 Å². The fourth-order valence-electron chi connectivity index (χ4n) is 3.40. The van der Waals surface area contributed by atoms with Gasteiger partial charge in [-0.3, -0.25) is 9.79 Å². The molecule has 1 atom stereocenters. The van der Waals surface area contributed by atoms with Crippen LogP contribution in [0, 0.1) is 5.82 Å². The number of anilines is 1. The van der Waals surface area contributed by atoms with Crippen molar-refractivity contribution in [3.05, 3.63) is 58.9 Å². The SMILES string of the molecule is CC1(c2cc(NC(=O)C3=Cc4cc(O)ccc4OC3)ccc2F)CCSC(N)=N1. The molecule has 0 spiro atoms. The number of rotatable bonds is 3. The standard InChI is InChI=1S/C21H20FN3O3S/c1-21(6-7-29-20(23)25-21)16-10-14(2-4-17(16)22)24-19(27)13-8-12-9-15(26)3-5-18(12)28-11-13/h2-5,8-10,26H,6-7,11H2,1H3,(H2,23,25)(H,24,27). The summed E-state index contributed by atoms with van der Waals surface area (Å²) in [4.78, 5) is 17.1. The Labute approximate surface area is 171 Å². The van der Waals surface area contributed by atoms with E-state index in [4.69, 9.17) is 10.5 Å². The maximum atomic E-state index is 14.5. The molecule has 2 aromatic carbocycles. The summed E-state index contributed by atoms with van der Waals surface area (Å²) in [6.07, 6.45) is 2.31. The van der Waals surface area contributed by atoms with Crippen molar-refractivity contribution >= 4 is 34.6 Å². The molecule has 29 heavy (non-hydrogen) atoms. The molecule has 8 heteroatoms. The number of halogens is 1. The summed E-state index contributed by atoms with van der Waals surface area (Å²) in [6, 6.07) is 9.14. The zero-order chi connectivity index (χ0) is 20.6. The summed E-state index contributed by atoms with van der Waals surface area (Å²) in [5, 5.41) is 12.9. The summed E-state index contributed by atoms with van der Waals surface area (Å²) in [5.74, 6) is 0.690. The highest BCUT2D eigenvalue weighted by Crippen LogP contribution is 2.37. The van der Waals surface area contributed by atoms with E-state index in [1.165, 1.54) is 36.0 Å². The van der Waals surface area contributed by atoms with Gasteiger partial charge >= 0.3 is 0 Å². The maximum absolute atomic E-state index is 14.5. The number of nitrogens with one attached hydrogen (secondary N) is 1. The zero-order valence-corrected chi connectivity index (χ0v) is 16.6. The van der Waals surface area contributed by atoms with Gasteiger partial charge in [-0.25, -0.2) is 4.39 Å². The molecule has 0 aromatic heterocycles. The molecule has 0 radical (unpaired) electrons. The van der Waals surface area contributed by atoms with E-state index in [-0.39, 0.29) is 18.3 Å². The van der Waals surface area contributed by atoms with Crippen molar-refractivity contribution in [3.63, 3.8) is 0 Å². The highest BCUT2D eigenvalue weighted by molar-refractivity contribution is 8.13. The molecule has 2 aliphatic heterocycles. The van der Waals surface area contributed by atoms with Crippen molar-refractivity contribution in [2.24, 2.45) is 10.7 Å². The minimum Gasteiger partial charge on any atom is -0.508 e. The van der Waals surface area contributed by atoms with Gasteiger partial charge in [0.05, 0.1) is 11.1 Å².